The molecular weight excluding hydrogens is 268 g/mol. The molecule has 0 atom stereocenters. The molecule has 1 aliphatic rings. The first-order valence-corrected chi connectivity index (χ1v) is 7.80. The fourth-order valence-electron chi connectivity index (χ4n) is 2.94. The maximum atomic E-state index is 5.69. The molecule has 1 aromatic rings. The highest BCUT2D eigenvalue weighted by molar-refractivity contribution is 7.80. The summed E-state index contributed by atoms with van der Waals surface area (Å²) in [4.78, 5) is 11.6. The minimum absolute atomic E-state index is 0.333. The quantitative estimate of drug-likeness (QED) is 0.865. The normalized spacial score (nSPS) is 22.6. The zero-order valence-corrected chi connectivity index (χ0v) is 13.4. The van der Waals surface area contributed by atoms with E-state index in [4.69, 9.17) is 18.0 Å². The SMILES string of the molecule is CCC1CCC(N(C)c2nc(C)cc(C(N)=S)n2)CC1. The van der Waals surface area contributed by atoms with Crippen LogP contribution in [0.5, 0.6) is 0 Å². The second-order valence-electron chi connectivity index (χ2n) is 5.75. The van der Waals surface area contributed by atoms with Gasteiger partial charge in [-0.3, -0.25) is 0 Å². The van der Waals surface area contributed by atoms with Gasteiger partial charge in [0.15, 0.2) is 0 Å². The number of aryl methyl sites for hydroxylation is 1. The number of anilines is 1. The molecule has 0 saturated heterocycles. The van der Waals surface area contributed by atoms with Gasteiger partial charge < -0.3 is 10.6 Å². The third-order valence-corrected chi connectivity index (χ3v) is 4.56. The molecular formula is C15H24N4S. The average molecular weight is 292 g/mol. The second kappa shape index (κ2) is 6.48. The molecule has 110 valence electrons. The van der Waals surface area contributed by atoms with E-state index in [0.717, 1.165) is 17.6 Å². The molecule has 1 saturated carbocycles. The first kappa shape index (κ1) is 15.2. The zero-order valence-electron chi connectivity index (χ0n) is 12.6. The summed E-state index contributed by atoms with van der Waals surface area (Å²) in [6.07, 6.45) is 6.34. The molecule has 1 fully saturated rings. The Morgan fingerprint density at radius 3 is 2.55 bits per heavy atom. The lowest BCUT2D eigenvalue weighted by Gasteiger charge is -2.34. The van der Waals surface area contributed by atoms with E-state index in [1.54, 1.807) is 0 Å². The highest BCUT2D eigenvalue weighted by Crippen LogP contribution is 2.30. The van der Waals surface area contributed by atoms with Crippen molar-refractivity contribution >= 4 is 23.2 Å². The molecule has 0 aromatic carbocycles. The summed E-state index contributed by atoms with van der Waals surface area (Å²) in [5.41, 5.74) is 7.26. The number of nitrogens with two attached hydrogens (primary N) is 1. The Labute approximate surface area is 126 Å². The van der Waals surface area contributed by atoms with Gasteiger partial charge in [-0.1, -0.05) is 25.6 Å². The first-order valence-electron chi connectivity index (χ1n) is 7.39. The minimum Gasteiger partial charge on any atom is -0.388 e. The van der Waals surface area contributed by atoms with Gasteiger partial charge in [-0.05, 0) is 44.6 Å². The molecule has 0 spiro atoms. The largest absolute Gasteiger partial charge is 0.388 e. The maximum Gasteiger partial charge on any atom is 0.226 e. The van der Waals surface area contributed by atoms with E-state index in [1.165, 1.54) is 32.1 Å². The lowest BCUT2D eigenvalue weighted by Crippen LogP contribution is -2.36. The van der Waals surface area contributed by atoms with Crippen molar-refractivity contribution < 1.29 is 0 Å². The van der Waals surface area contributed by atoms with Crippen molar-refractivity contribution in [1.29, 1.82) is 0 Å². The molecule has 0 unspecified atom stereocenters. The summed E-state index contributed by atoms with van der Waals surface area (Å²) >= 11 is 5.02. The van der Waals surface area contributed by atoms with Crippen molar-refractivity contribution in [3.05, 3.63) is 17.5 Å². The van der Waals surface area contributed by atoms with E-state index in [0.29, 0.717) is 16.7 Å². The number of aromatic nitrogens is 2. The second-order valence-corrected chi connectivity index (χ2v) is 6.19. The zero-order chi connectivity index (χ0) is 14.7. The molecule has 1 heterocycles. The van der Waals surface area contributed by atoms with Crippen LogP contribution < -0.4 is 10.6 Å². The molecule has 0 amide bonds. The Balaban J connectivity index is 2.13. The molecule has 20 heavy (non-hydrogen) atoms. The number of rotatable bonds is 4. The predicted octanol–water partition coefficient (Wildman–Crippen LogP) is 2.82. The first-order chi connectivity index (χ1) is 9.51. The van der Waals surface area contributed by atoms with Crippen molar-refractivity contribution in [2.45, 2.75) is 52.0 Å². The fraction of sp³-hybridized carbons (Fsp3) is 0.667. The molecule has 0 aliphatic heterocycles. The molecule has 0 radical (unpaired) electrons. The standard InChI is InChI=1S/C15H24N4S/c1-4-11-5-7-12(8-6-11)19(3)15-17-10(2)9-13(18-15)14(16)20/h9,11-12H,4-8H2,1-3H3,(H2,16,20). The van der Waals surface area contributed by atoms with E-state index in [1.807, 2.05) is 13.0 Å². The summed E-state index contributed by atoms with van der Waals surface area (Å²) in [7, 11) is 2.08. The van der Waals surface area contributed by atoms with Crippen molar-refractivity contribution in [2.24, 2.45) is 11.7 Å². The van der Waals surface area contributed by atoms with Gasteiger partial charge in [-0.15, -0.1) is 0 Å². The molecule has 2 rings (SSSR count). The van der Waals surface area contributed by atoms with E-state index in [2.05, 4.69) is 28.8 Å². The monoisotopic (exact) mass is 292 g/mol. The summed E-state index contributed by atoms with van der Waals surface area (Å²) in [6.45, 7) is 4.24. The molecule has 1 aromatic heterocycles. The summed E-state index contributed by atoms with van der Waals surface area (Å²) in [5, 5.41) is 0. The van der Waals surface area contributed by atoms with Crippen LogP contribution in [0.1, 0.15) is 50.4 Å². The maximum absolute atomic E-state index is 5.69. The summed E-state index contributed by atoms with van der Waals surface area (Å²) in [5.74, 6) is 1.64. The van der Waals surface area contributed by atoms with E-state index in [9.17, 15) is 0 Å². The van der Waals surface area contributed by atoms with Crippen LogP contribution in [0.15, 0.2) is 6.07 Å². The predicted molar refractivity (Wildman–Crippen MR) is 87.1 cm³/mol. The van der Waals surface area contributed by atoms with E-state index < -0.39 is 0 Å². The van der Waals surface area contributed by atoms with Crippen molar-refractivity contribution in [3.63, 3.8) is 0 Å². The Morgan fingerprint density at radius 1 is 1.35 bits per heavy atom. The van der Waals surface area contributed by atoms with Crippen molar-refractivity contribution in [1.82, 2.24) is 9.97 Å². The van der Waals surface area contributed by atoms with Gasteiger partial charge >= 0.3 is 0 Å². The lowest BCUT2D eigenvalue weighted by atomic mass is 9.84. The van der Waals surface area contributed by atoms with Gasteiger partial charge in [0, 0.05) is 18.8 Å². The van der Waals surface area contributed by atoms with Crippen LogP contribution in [0.4, 0.5) is 5.95 Å². The Bertz CT molecular complexity index is 481. The van der Waals surface area contributed by atoms with Crippen LogP contribution in [-0.2, 0) is 0 Å². The third kappa shape index (κ3) is 3.45. The Kier molecular flexibility index (Phi) is 4.91. The molecule has 2 N–H and O–H groups in total. The number of hydrogen-bond acceptors (Lipinski definition) is 4. The minimum atomic E-state index is 0.333. The number of nitrogens with zero attached hydrogens (tertiary/aromatic N) is 3. The smallest absolute Gasteiger partial charge is 0.226 e. The van der Waals surface area contributed by atoms with Gasteiger partial charge in [0.2, 0.25) is 5.95 Å². The number of hydrogen-bond donors (Lipinski definition) is 1. The van der Waals surface area contributed by atoms with Gasteiger partial charge in [-0.25, -0.2) is 9.97 Å². The van der Waals surface area contributed by atoms with Crippen molar-refractivity contribution in [2.75, 3.05) is 11.9 Å². The van der Waals surface area contributed by atoms with E-state index >= 15 is 0 Å². The van der Waals surface area contributed by atoms with Crippen LogP contribution in [0.3, 0.4) is 0 Å². The molecule has 0 bridgehead atoms. The summed E-state index contributed by atoms with van der Waals surface area (Å²) < 4.78 is 0. The van der Waals surface area contributed by atoms with Gasteiger partial charge in [-0.2, -0.15) is 0 Å². The average Bonchev–Trinajstić information content (AvgIpc) is 2.46. The van der Waals surface area contributed by atoms with Gasteiger partial charge in [0.05, 0.1) is 0 Å². The highest BCUT2D eigenvalue weighted by atomic mass is 32.1. The van der Waals surface area contributed by atoms with Crippen LogP contribution in [0, 0.1) is 12.8 Å². The highest BCUT2D eigenvalue weighted by Gasteiger charge is 2.24. The fourth-order valence-corrected chi connectivity index (χ4v) is 3.05. The van der Waals surface area contributed by atoms with E-state index in [-0.39, 0.29) is 0 Å². The molecule has 5 heteroatoms. The molecule has 1 aliphatic carbocycles. The van der Waals surface area contributed by atoms with Crippen LogP contribution in [-0.4, -0.2) is 28.0 Å². The Hall–Kier alpha value is -1.23. The van der Waals surface area contributed by atoms with Crippen LogP contribution >= 0.6 is 12.2 Å². The van der Waals surface area contributed by atoms with Gasteiger partial charge in [0.1, 0.15) is 10.7 Å². The van der Waals surface area contributed by atoms with Crippen LogP contribution in [0.25, 0.3) is 0 Å². The third-order valence-electron chi connectivity index (χ3n) is 4.35. The summed E-state index contributed by atoms with van der Waals surface area (Å²) in [6, 6.07) is 2.37. The van der Waals surface area contributed by atoms with Gasteiger partial charge in [0.25, 0.3) is 0 Å². The lowest BCUT2D eigenvalue weighted by molar-refractivity contribution is 0.312. The van der Waals surface area contributed by atoms with Crippen molar-refractivity contribution in [3.8, 4) is 0 Å². The molecule has 4 nitrogen and oxygen atoms in total. The van der Waals surface area contributed by atoms with Crippen LogP contribution in [0.2, 0.25) is 0 Å². The topological polar surface area (TPSA) is 55.0 Å². The Morgan fingerprint density at radius 2 is 2.00 bits per heavy atom. The number of thiocarbonyl (C=S) groups is 1.